The number of fused-ring (bicyclic) bond motifs is 1. The van der Waals surface area contributed by atoms with E-state index in [-0.39, 0.29) is 12.1 Å². The summed E-state index contributed by atoms with van der Waals surface area (Å²) >= 11 is 0. The summed E-state index contributed by atoms with van der Waals surface area (Å²) in [6.07, 6.45) is 10.4. The fourth-order valence-corrected chi connectivity index (χ4v) is 2.75. The van der Waals surface area contributed by atoms with Gasteiger partial charge in [-0.15, -0.1) is 0 Å². The number of benzene rings is 1. The van der Waals surface area contributed by atoms with E-state index in [9.17, 15) is 0 Å². The van der Waals surface area contributed by atoms with Crippen LogP contribution in [0.25, 0.3) is 0 Å². The van der Waals surface area contributed by atoms with Crippen LogP contribution in [-0.4, -0.2) is 6.10 Å². The van der Waals surface area contributed by atoms with Gasteiger partial charge in [-0.25, -0.2) is 0 Å². The molecule has 1 aromatic rings. The van der Waals surface area contributed by atoms with Crippen molar-refractivity contribution < 1.29 is 4.74 Å². The Morgan fingerprint density at radius 3 is 3.00 bits per heavy atom. The lowest BCUT2D eigenvalue weighted by atomic mass is 10.0. The van der Waals surface area contributed by atoms with Gasteiger partial charge in [0.1, 0.15) is 11.9 Å². The van der Waals surface area contributed by atoms with Crippen LogP contribution in [0.1, 0.15) is 42.9 Å². The number of aryl methyl sites for hydroxylation is 1. The maximum atomic E-state index is 6.03. The van der Waals surface area contributed by atoms with Crippen molar-refractivity contribution in [2.24, 2.45) is 5.73 Å². The molecule has 3 rings (SSSR count). The maximum absolute atomic E-state index is 6.03. The van der Waals surface area contributed by atoms with Crippen LogP contribution < -0.4 is 10.5 Å². The highest BCUT2D eigenvalue weighted by molar-refractivity contribution is 5.40. The van der Waals surface area contributed by atoms with E-state index in [1.807, 2.05) is 0 Å². The molecule has 0 aliphatic heterocycles. The molecule has 0 bridgehead atoms. The van der Waals surface area contributed by atoms with Gasteiger partial charge in [0.25, 0.3) is 0 Å². The monoisotopic (exact) mass is 229 g/mol. The summed E-state index contributed by atoms with van der Waals surface area (Å²) < 4.78 is 5.99. The van der Waals surface area contributed by atoms with Crippen LogP contribution >= 0.6 is 0 Å². The SMILES string of the molecule is NC1CCc2cc(OC3C=CCCC3)ccc21. The molecule has 1 aromatic carbocycles. The van der Waals surface area contributed by atoms with E-state index in [0.717, 1.165) is 25.0 Å². The van der Waals surface area contributed by atoms with Crippen molar-refractivity contribution in [2.45, 2.75) is 44.2 Å². The summed E-state index contributed by atoms with van der Waals surface area (Å²) in [6.45, 7) is 0. The van der Waals surface area contributed by atoms with Crippen LogP contribution in [0.15, 0.2) is 30.4 Å². The molecule has 0 saturated heterocycles. The Morgan fingerprint density at radius 2 is 2.18 bits per heavy atom. The Morgan fingerprint density at radius 1 is 1.24 bits per heavy atom. The summed E-state index contributed by atoms with van der Waals surface area (Å²) in [5, 5.41) is 0. The van der Waals surface area contributed by atoms with E-state index in [1.54, 1.807) is 0 Å². The van der Waals surface area contributed by atoms with Crippen molar-refractivity contribution in [3.8, 4) is 5.75 Å². The largest absolute Gasteiger partial charge is 0.486 e. The van der Waals surface area contributed by atoms with Gasteiger partial charge in [0.05, 0.1) is 0 Å². The smallest absolute Gasteiger partial charge is 0.120 e. The van der Waals surface area contributed by atoms with Crippen molar-refractivity contribution in [1.29, 1.82) is 0 Å². The van der Waals surface area contributed by atoms with Crippen molar-refractivity contribution in [2.75, 3.05) is 0 Å². The molecule has 2 aliphatic rings. The number of allylic oxidation sites excluding steroid dienone is 1. The number of nitrogens with two attached hydrogens (primary N) is 1. The van der Waals surface area contributed by atoms with Gasteiger partial charge < -0.3 is 10.5 Å². The summed E-state index contributed by atoms with van der Waals surface area (Å²) in [6, 6.07) is 6.60. The fourth-order valence-electron chi connectivity index (χ4n) is 2.75. The molecule has 0 fully saturated rings. The summed E-state index contributed by atoms with van der Waals surface area (Å²) in [5.41, 5.74) is 8.70. The molecule has 90 valence electrons. The van der Waals surface area contributed by atoms with E-state index in [1.165, 1.54) is 24.0 Å². The number of hydrogen-bond acceptors (Lipinski definition) is 2. The third-order valence-electron chi connectivity index (χ3n) is 3.74. The van der Waals surface area contributed by atoms with Crippen LogP contribution in [0.3, 0.4) is 0 Å². The van der Waals surface area contributed by atoms with E-state index in [0.29, 0.717) is 0 Å². The first-order valence-electron chi connectivity index (χ1n) is 6.54. The molecule has 0 heterocycles. The maximum Gasteiger partial charge on any atom is 0.120 e. The molecule has 0 spiro atoms. The minimum Gasteiger partial charge on any atom is -0.486 e. The van der Waals surface area contributed by atoms with Crippen LogP contribution in [-0.2, 0) is 6.42 Å². The van der Waals surface area contributed by atoms with Gasteiger partial charge in [-0.1, -0.05) is 12.1 Å². The van der Waals surface area contributed by atoms with Crippen LogP contribution in [0, 0.1) is 0 Å². The molecular formula is C15H19NO. The molecule has 2 N–H and O–H groups in total. The number of hydrogen-bond donors (Lipinski definition) is 1. The van der Waals surface area contributed by atoms with Gasteiger partial charge in [0.2, 0.25) is 0 Å². The average Bonchev–Trinajstić information content (AvgIpc) is 2.72. The predicted molar refractivity (Wildman–Crippen MR) is 69.1 cm³/mol. The average molecular weight is 229 g/mol. The van der Waals surface area contributed by atoms with Crippen LogP contribution in [0.2, 0.25) is 0 Å². The van der Waals surface area contributed by atoms with E-state index in [2.05, 4.69) is 30.4 Å². The Labute approximate surface area is 102 Å². The highest BCUT2D eigenvalue weighted by atomic mass is 16.5. The second-order valence-corrected chi connectivity index (χ2v) is 5.02. The normalized spacial score (nSPS) is 26.9. The van der Waals surface area contributed by atoms with E-state index in [4.69, 9.17) is 10.5 Å². The molecule has 0 amide bonds. The number of ether oxygens (including phenoxy) is 1. The first-order valence-corrected chi connectivity index (χ1v) is 6.54. The molecule has 0 radical (unpaired) electrons. The Bertz CT molecular complexity index is 439. The van der Waals surface area contributed by atoms with Gasteiger partial charge in [-0.05, 0) is 61.4 Å². The first kappa shape index (κ1) is 10.8. The van der Waals surface area contributed by atoms with Crippen molar-refractivity contribution in [3.63, 3.8) is 0 Å². The van der Waals surface area contributed by atoms with Crippen LogP contribution in [0.5, 0.6) is 5.75 Å². The lowest BCUT2D eigenvalue weighted by Crippen LogP contribution is -2.15. The van der Waals surface area contributed by atoms with E-state index >= 15 is 0 Å². The minimum absolute atomic E-state index is 0.230. The van der Waals surface area contributed by atoms with E-state index < -0.39 is 0 Å². The fraction of sp³-hybridized carbons (Fsp3) is 0.467. The molecule has 2 aliphatic carbocycles. The zero-order chi connectivity index (χ0) is 11.7. The van der Waals surface area contributed by atoms with Crippen molar-refractivity contribution >= 4 is 0 Å². The standard InChI is InChI=1S/C15H19NO/c16-15-9-6-11-10-13(7-8-14(11)15)17-12-4-2-1-3-5-12/h2,4,7-8,10,12,15H,1,3,5-6,9,16H2. The predicted octanol–water partition coefficient (Wildman–Crippen LogP) is 3.12. The summed E-state index contributed by atoms with van der Waals surface area (Å²) in [5.74, 6) is 0.995. The highest BCUT2D eigenvalue weighted by Crippen LogP contribution is 2.32. The Kier molecular flexibility index (Phi) is 2.89. The first-order chi connectivity index (χ1) is 8.33. The van der Waals surface area contributed by atoms with Crippen molar-refractivity contribution in [3.05, 3.63) is 41.5 Å². The molecule has 2 unspecified atom stereocenters. The Hall–Kier alpha value is -1.28. The van der Waals surface area contributed by atoms with Gasteiger partial charge >= 0.3 is 0 Å². The van der Waals surface area contributed by atoms with Gasteiger partial charge in [-0.3, -0.25) is 0 Å². The molecule has 2 heteroatoms. The summed E-state index contributed by atoms with van der Waals surface area (Å²) in [4.78, 5) is 0. The number of rotatable bonds is 2. The second-order valence-electron chi connectivity index (χ2n) is 5.02. The van der Waals surface area contributed by atoms with Gasteiger partial charge in [0.15, 0.2) is 0 Å². The lowest BCUT2D eigenvalue weighted by Gasteiger charge is -2.19. The summed E-state index contributed by atoms with van der Waals surface area (Å²) in [7, 11) is 0. The molecule has 2 atom stereocenters. The second kappa shape index (κ2) is 4.53. The highest BCUT2D eigenvalue weighted by Gasteiger charge is 2.19. The van der Waals surface area contributed by atoms with Gasteiger partial charge in [-0.2, -0.15) is 0 Å². The Balaban J connectivity index is 1.76. The van der Waals surface area contributed by atoms with Crippen LogP contribution in [0.4, 0.5) is 0 Å². The lowest BCUT2D eigenvalue weighted by molar-refractivity contribution is 0.230. The van der Waals surface area contributed by atoms with Crippen molar-refractivity contribution in [1.82, 2.24) is 0 Å². The molecular weight excluding hydrogens is 210 g/mol. The third-order valence-corrected chi connectivity index (χ3v) is 3.74. The quantitative estimate of drug-likeness (QED) is 0.791. The van der Waals surface area contributed by atoms with Gasteiger partial charge in [0, 0.05) is 6.04 Å². The minimum atomic E-state index is 0.230. The molecule has 0 aromatic heterocycles. The molecule has 17 heavy (non-hydrogen) atoms. The third kappa shape index (κ3) is 2.22. The zero-order valence-corrected chi connectivity index (χ0v) is 10.1. The zero-order valence-electron chi connectivity index (χ0n) is 10.1. The topological polar surface area (TPSA) is 35.2 Å². The molecule has 2 nitrogen and oxygen atoms in total. The molecule has 0 saturated carbocycles.